The Morgan fingerprint density at radius 1 is 0.878 bits per heavy atom. The first kappa shape index (κ1) is 35.6. The van der Waals surface area contributed by atoms with Crippen LogP contribution < -0.4 is 10.1 Å². The topological polar surface area (TPSA) is 79.7 Å². The quantitative estimate of drug-likeness (QED) is 0.166. The summed E-state index contributed by atoms with van der Waals surface area (Å²) in [5, 5.41) is 3.53. The monoisotopic (exact) mass is 735 g/mol. The van der Waals surface area contributed by atoms with Gasteiger partial charge in [-0.3, -0.25) is 14.5 Å². The number of pyridine rings is 1. The number of nitrogens with one attached hydrogen (secondary N) is 1. The smallest absolute Gasteiger partial charge is 0.416 e. The predicted octanol–water partition coefficient (Wildman–Crippen LogP) is 8.13. The Morgan fingerprint density at radius 3 is 2.20 bits per heavy atom. The number of halogens is 4. The van der Waals surface area contributed by atoms with Gasteiger partial charge in [-0.15, -0.1) is 17.0 Å². The minimum atomic E-state index is -4.47. The molecule has 2 aromatic heterocycles. The van der Waals surface area contributed by atoms with Crippen LogP contribution in [0.15, 0.2) is 91.1 Å². The van der Waals surface area contributed by atoms with Crippen LogP contribution in [0.25, 0.3) is 10.9 Å². The highest BCUT2D eigenvalue weighted by Crippen LogP contribution is 2.30. The molecule has 1 aliphatic rings. The Bertz CT molecular complexity index is 1900. The van der Waals surface area contributed by atoms with E-state index in [1.807, 2.05) is 34.7 Å². The van der Waals surface area contributed by atoms with Crippen LogP contribution in [0.4, 0.5) is 18.9 Å². The number of fused-ring (bicyclic) bond motifs is 1. The van der Waals surface area contributed by atoms with Crippen LogP contribution in [0.1, 0.15) is 50.9 Å². The summed E-state index contributed by atoms with van der Waals surface area (Å²) in [5.74, 6) is 0.235. The van der Waals surface area contributed by atoms with E-state index in [0.717, 1.165) is 67.6 Å². The lowest BCUT2D eigenvalue weighted by molar-refractivity contribution is -0.137. The lowest BCUT2D eigenvalue weighted by atomic mass is 10.1. The molecular weight excluding hydrogens is 699 g/mol. The Kier molecular flexibility index (Phi) is 11.1. The Labute approximate surface area is 293 Å². The van der Waals surface area contributed by atoms with Crippen LogP contribution in [0.5, 0.6) is 11.6 Å². The third-order valence-corrected chi connectivity index (χ3v) is 8.55. The molecule has 0 radical (unpaired) electrons. The number of ether oxygens (including phenoxy) is 1. The van der Waals surface area contributed by atoms with Crippen molar-refractivity contribution in [2.45, 2.75) is 32.5 Å². The summed E-state index contributed by atoms with van der Waals surface area (Å²) in [6.07, 6.45) is -0.841. The maximum Gasteiger partial charge on any atom is 0.416 e. The van der Waals surface area contributed by atoms with Crippen LogP contribution >= 0.6 is 17.0 Å². The normalized spacial score (nSPS) is 13.6. The molecule has 256 valence electrons. The summed E-state index contributed by atoms with van der Waals surface area (Å²) < 4.78 is 46.3. The zero-order valence-corrected chi connectivity index (χ0v) is 28.9. The van der Waals surface area contributed by atoms with E-state index in [9.17, 15) is 22.8 Å². The van der Waals surface area contributed by atoms with Gasteiger partial charge in [-0.1, -0.05) is 37.6 Å². The summed E-state index contributed by atoms with van der Waals surface area (Å²) in [7, 11) is 1.87. The molecule has 3 aromatic carbocycles. The molecule has 0 bridgehead atoms. The number of carbonyl (C=O) groups is 2. The van der Waals surface area contributed by atoms with E-state index >= 15 is 0 Å². The summed E-state index contributed by atoms with van der Waals surface area (Å²) >= 11 is 0. The maximum absolute atomic E-state index is 13.6. The number of amides is 2. The van der Waals surface area contributed by atoms with E-state index in [2.05, 4.69) is 46.4 Å². The number of alkyl halides is 3. The van der Waals surface area contributed by atoms with Crippen molar-refractivity contribution in [2.75, 3.05) is 31.5 Å². The van der Waals surface area contributed by atoms with Crippen LogP contribution in [-0.2, 0) is 26.2 Å². The van der Waals surface area contributed by atoms with Gasteiger partial charge in [0.2, 0.25) is 5.88 Å². The largest absolute Gasteiger partial charge is 0.439 e. The number of nitrogens with zero attached hydrogens (tertiary/aromatic N) is 4. The molecule has 5 aromatic rings. The van der Waals surface area contributed by atoms with Gasteiger partial charge in [0.25, 0.3) is 11.8 Å². The molecule has 0 atom stereocenters. The molecular formula is C37H37BrF3N5O3. The third-order valence-electron chi connectivity index (χ3n) is 8.55. The Morgan fingerprint density at radius 2 is 1.57 bits per heavy atom. The maximum atomic E-state index is 13.6. The fraction of sp³-hybridized carbons (Fsp3) is 0.270. The Balaban J connectivity index is 0.00000468. The molecule has 1 saturated heterocycles. The van der Waals surface area contributed by atoms with Gasteiger partial charge in [0.05, 0.1) is 23.0 Å². The second-order valence-corrected chi connectivity index (χ2v) is 12.0. The van der Waals surface area contributed by atoms with Crippen molar-refractivity contribution >= 4 is 45.4 Å². The first-order valence-electron chi connectivity index (χ1n) is 15.9. The minimum absolute atomic E-state index is 0. The second-order valence-electron chi connectivity index (χ2n) is 12.0. The van der Waals surface area contributed by atoms with Crippen molar-refractivity contribution in [1.82, 2.24) is 19.4 Å². The van der Waals surface area contributed by atoms with E-state index in [0.29, 0.717) is 30.2 Å². The standard InChI is InChI=1S/C37H36F3N5O3.BrH/c1-3-4-25-5-7-26(8-6-25)24-44-17-19-45(20-18-44)36(47)33-21-28-11-15-31(22-32(28)43(33)2)48-34-16-14-30(23-41-34)42-35(46)27-9-12-29(13-10-27)37(38,39)40;/h5-16,21-23H,3-4,17-20,24H2,1-2H3,(H,42,46);1H. The molecule has 12 heteroatoms. The number of piperazine rings is 1. The number of anilines is 1. The van der Waals surface area contributed by atoms with Crippen molar-refractivity contribution < 1.29 is 27.5 Å². The molecule has 0 unspecified atom stereocenters. The number of benzene rings is 3. The van der Waals surface area contributed by atoms with Gasteiger partial charge >= 0.3 is 6.18 Å². The first-order valence-corrected chi connectivity index (χ1v) is 15.9. The second kappa shape index (κ2) is 15.3. The molecule has 0 saturated carbocycles. The minimum Gasteiger partial charge on any atom is -0.439 e. The summed E-state index contributed by atoms with van der Waals surface area (Å²) in [6.45, 7) is 6.01. The number of aromatic nitrogens is 2. The lowest BCUT2D eigenvalue weighted by Crippen LogP contribution is -2.48. The fourth-order valence-corrected chi connectivity index (χ4v) is 5.86. The zero-order chi connectivity index (χ0) is 33.8. The highest BCUT2D eigenvalue weighted by Gasteiger charge is 2.30. The molecule has 1 N–H and O–H groups in total. The van der Waals surface area contributed by atoms with Crippen molar-refractivity contribution in [3.8, 4) is 11.6 Å². The third kappa shape index (κ3) is 8.49. The lowest BCUT2D eigenvalue weighted by Gasteiger charge is -2.34. The number of hydrogen-bond donors (Lipinski definition) is 1. The summed E-state index contributed by atoms with van der Waals surface area (Å²) in [4.78, 5) is 34.6. The molecule has 0 aliphatic carbocycles. The average molecular weight is 737 g/mol. The molecule has 3 heterocycles. The molecule has 0 spiro atoms. The van der Waals surface area contributed by atoms with Crippen molar-refractivity contribution in [2.24, 2.45) is 7.05 Å². The van der Waals surface area contributed by atoms with Crippen molar-refractivity contribution in [1.29, 1.82) is 0 Å². The van der Waals surface area contributed by atoms with E-state index in [1.54, 1.807) is 18.2 Å². The number of carbonyl (C=O) groups excluding carboxylic acids is 2. The van der Waals surface area contributed by atoms with Crippen LogP contribution in [0, 0.1) is 0 Å². The van der Waals surface area contributed by atoms with Crippen molar-refractivity contribution in [3.63, 3.8) is 0 Å². The molecule has 1 fully saturated rings. The fourth-order valence-electron chi connectivity index (χ4n) is 5.86. The highest BCUT2D eigenvalue weighted by atomic mass is 79.9. The van der Waals surface area contributed by atoms with Gasteiger partial charge in [0.15, 0.2) is 0 Å². The van der Waals surface area contributed by atoms with E-state index < -0.39 is 17.6 Å². The number of aryl methyl sites for hydroxylation is 2. The van der Waals surface area contributed by atoms with Crippen molar-refractivity contribution in [3.05, 3.63) is 119 Å². The summed E-state index contributed by atoms with van der Waals surface area (Å²) in [5.41, 5.74) is 3.71. The number of rotatable bonds is 9. The average Bonchev–Trinajstić information content (AvgIpc) is 3.41. The van der Waals surface area contributed by atoms with E-state index in [4.69, 9.17) is 4.74 Å². The predicted molar refractivity (Wildman–Crippen MR) is 189 cm³/mol. The first-order chi connectivity index (χ1) is 23.1. The van der Waals surface area contributed by atoms with Crippen LogP contribution in [-0.4, -0.2) is 57.3 Å². The van der Waals surface area contributed by atoms with Crippen LogP contribution in [0.3, 0.4) is 0 Å². The Hall–Kier alpha value is -4.68. The van der Waals surface area contributed by atoms with Gasteiger partial charge in [0, 0.05) is 62.9 Å². The molecule has 6 rings (SSSR count). The van der Waals surface area contributed by atoms with Gasteiger partial charge in [-0.2, -0.15) is 13.2 Å². The highest BCUT2D eigenvalue weighted by molar-refractivity contribution is 8.93. The van der Waals surface area contributed by atoms with Gasteiger partial charge < -0.3 is 19.5 Å². The van der Waals surface area contributed by atoms with E-state index in [-0.39, 0.29) is 34.3 Å². The number of hydrogen-bond acceptors (Lipinski definition) is 5. The molecule has 8 nitrogen and oxygen atoms in total. The zero-order valence-electron chi connectivity index (χ0n) is 27.2. The molecule has 49 heavy (non-hydrogen) atoms. The van der Waals surface area contributed by atoms with E-state index in [1.165, 1.54) is 17.3 Å². The summed E-state index contributed by atoms with van der Waals surface area (Å²) in [6, 6.07) is 23.4. The SMILES string of the molecule is Br.CCCc1ccc(CN2CCN(C(=O)c3cc4ccc(Oc5ccc(NC(=O)c6ccc(C(F)(F)F)cc6)cn5)cc4n3C)CC2)cc1. The molecule has 1 aliphatic heterocycles. The molecule has 2 amide bonds. The van der Waals surface area contributed by atoms with Gasteiger partial charge in [-0.05, 0) is 66.1 Å². The van der Waals surface area contributed by atoms with Gasteiger partial charge in [0.1, 0.15) is 11.4 Å². The van der Waals surface area contributed by atoms with Crippen LogP contribution in [0.2, 0.25) is 0 Å². The van der Waals surface area contributed by atoms with Gasteiger partial charge in [-0.25, -0.2) is 4.98 Å².